The fourth-order valence-corrected chi connectivity index (χ4v) is 2.57. The molecule has 5 heteroatoms. The Morgan fingerprint density at radius 2 is 2.14 bits per heavy atom. The first-order valence-corrected chi connectivity index (χ1v) is 7.44. The zero-order chi connectivity index (χ0) is 14.5. The van der Waals surface area contributed by atoms with E-state index in [0.29, 0.717) is 5.56 Å². The summed E-state index contributed by atoms with van der Waals surface area (Å²) in [7, 11) is 0. The summed E-state index contributed by atoms with van der Waals surface area (Å²) in [5, 5.41) is 10.7. The molecular weight excluding hydrogens is 264 g/mol. The van der Waals surface area contributed by atoms with Crippen LogP contribution >= 0.6 is 0 Å². The molecule has 1 aliphatic heterocycles. The Labute approximate surface area is 124 Å². The largest absolute Gasteiger partial charge is 0.348 e. The van der Waals surface area contributed by atoms with Crippen molar-refractivity contribution in [3.8, 4) is 5.69 Å². The maximum atomic E-state index is 12.3. The van der Waals surface area contributed by atoms with Crippen molar-refractivity contribution in [2.45, 2.75) is 25.3 Å². The Bertz CT molecular complexity index is 585. The van der Waals surface area contributed by atoms with Crippen LogP contribution in [0.2, 0.25) is 0 Å². The number of nitrogens with zero attached hydrogens (tertiary/aromatic N) is 2. The van der Waals surface area contributed by atoms with Crippen LogP contribution in [0.1, 0.15) is 29.6 Å². The number of benzene rings is 1. The quantitative estimate of drug-likeness (QED) is 0.902. The number of hydrogen-bond acceptors (Lipinski definition) is 3. The number of nitrogens with one attached hydrogen (secondary N) is 2. The van der Waals surface area contributed by atoms with E-state index in [-0.39, 0.29) is 11.9 Å². The third-order valence-electron chi connectivity index (χ3n) is 3.75. The van der Waals surface area contributed by atoms with Gasteiger partial charge in [-0.15, -0.1) is 0 Å². The molecule has 2 aromatic rings. The highest BCUT2D eigenvalue weighted by Gasteiger charge is 2.16. The average molecular weight is 284 g/mol. The van der Waals surface area contributed by atoms with E-state index in [1.54, 1.807) is 17.1 Å². The van der Waals surface area contributed by atoms with Crippen LogP contribution in [0.3, 0.4) is 0 Å². The van der Waals surface area contributed by atoms with Crippen molar-refractivity contribution in [2.75, 3.05) is 13.1 Å². The minimum absolute atomic E-state index is 0.0501. The second-order valence-electron chi connectivity index (χ2n) is 5.38. The molecule has 1 aliphatic rings. The number of para-hydroxylation sites is 1. The van der Waals surface area contributed by atoms with E-state index in [4.69, 9.17) is 0 Å². The lowest BCUT2D eigenvalue weighted by Gasteiger charge is -2.15. The average Bonchev–Trinajstić information content (AvgIpc) is 2.88. The van der Waals surface area contributed by atoms with Crippen molar-refractivity contribution in [3.63, 3.8) is 0 Å². The normalized spacial score (nSPS) is 19.0. The van der Waals surface area contributed by atoms with E-state index in [1.165, 1.54) is 6.42 Å². The summed E-state index contributed by atoms with van der Waals surface area (Å²) in [5.74, 6) is -0.0501. The predicted molar refractivity (Wildman–Crippen MR) is 81.5 cm³/mol. The van der Waals surface area contributed by atoms with E-state index in [0.717, 1.165) is 31.6 Å². The van der Waals surface area contributed by atoms with Crippen LogP contribution in [0, 0.1) is 0 Å². The Morgan fingerprint density at radius 1 is 1.29 bits per heavy atom. The standard InChI is InChI=1S/C16H20N4O/c21-16(19-14-6-4-5-9-17-11-14)13-10-18-20(12-13)15-7-2-1-3-8-15/h1-3,7-8,10,12,14,17H,4-6,9,11H2,(H,19,21). The Kier molecular flexibility index (Phi) is 4.31. The molecule has 1 aromatic heterocycles. The number of hydrogen-bond donors (Lipinski definition) is 2. The summed E-state index contributed by atoms with van der Waals surface area (Å²) < 4.78 is 1.72. The zero-order valence-corrected chi connectivity index (χ0v) is 12.0. The number of carbonyl (C=O) groups is 1. The molecule has 1 fully saturated rings. The molecule has 0 radical (unpaired) electrons. The summed E-state index contributed by atoms with van der Waals surface area (Å²) in [4.78, 5) is 12.3. The molecule has 2 N–H and O–H groups in total. The van der Waals surface area contributed by atoms with Gasteiger partial charge in [-0.1, -0.05) is 24.6 Å². The number of amides is 1. The second-order valence-corrected chi connectivity index (χ2v) is 5.38. The highest BCUT2D eigenvalue weighted by atomic mass is 16.1. The van der Waals surface area contributed by atoms with Gasteiger partial charge < -0.3 is 10.6 Å². The van der Waals surface area contributed by atoms with Gasteiger partial charge in [0.15, 0.2) is 0 Å². The predicted octanol–water partition coefficient (Wildman–Crippen LogP) is 1.74. The van der Waals surface area contributed by atoms with Gasteiger partial charge in [0.1, 0.15) is 0 Å². The zero-order valence-electron chi connectivity index (χ0n) is 12.0. The monoisotopic (exact) mass is 284 g/mol. The Morgan fingerprint density at radius 3 is 3.00 bits per heavy atom. The molecule has 21 heavy (non-hydrogen) atoms. The first-order chi connectivity index (χ1) is 10.3. The fraction of sp³-hybridized carbons (Fsp3) is 0.375. The molecule has 1 atom stereocenters. The van der Waals surface area contributed by atoms with Crippen LogP contribution in [0.25, 0.3) is 5.69 Å². The summed E-state index contributed by atoms with van der Waals surface area (Å²) in [5.41, 5.74) is 1.55. The van der Waals surface area contributed by atoms with Crippen molar-refractivity contribution < 1.29 is 4.79 Å². The Balaban J connectivity index is 1.66. The van der Waals surface area contributed by atoms with Crippen LogP contribution in [0.5, 0.6) is 0 Å². The molecule has 0 bridgehead atoms. The fourth-order valence-electron chi connectivity index (χ4n) is 2.57. The van der Waals surface area contributed by atoms with Crippen LogP contribution in [-0.2, 0) is 0 Å². The molecule has 110 valence electrons. The van der Waals surface area contributed by atoms with Gasteiger partial charge in [-0.05, 0) is 31.5 Å². The number of rotatable bonds is 3. The van der Waals surface area contributed by atoms with E-state index >= 15 is 0 Å². The molecular formula is C16H20N4O. The third kappa shape index (κ3) is 3.49. The lowest BCUT2D eigenvalue weighted by molar-refractivity contribution is 0.0935. The van der Waals surface area contributed by atoms with Gasteiger partial charge >= 0.3 is 0 Å². The van der Waals surface area contributed by atoms with Gasteiger partial charge in [-0.2, -0.15) is 5.10 Å². The minimum atomic E-state index is -0.0501. The molecule has 0 saturated carbocycles. The van der Waals surface area contributed by atoms with Gasteiger partial charge in [-0.3, -0.25) is 4.79 Å². The van der Waals surface area contributed by atoms with Gasteiger partial charge in [0.05, 0.1) is 17.4 Å². The topological polar surface area (TPSA) is 59.0 Å². The SMILES string of the molecule is O=C(NC1CCCCNC1)c1cnn(-c2ccccc2)c1. The van der Waals surface area contributed by atoms with Crippen molar-refractivity contribution in [2.24, 2.45) is 0 Å². The van der Waals surface area contributed by atoms with E-state index in [2.05, 4.69) is 15.7 Å². The summed E-state index contributed by atoms with van der Waals surface area (Å²) in [6, 6.07) is 10.00. The smallest absolute Gasteiger partial charge is 0.254 e. The Hall–Kier alpha value is -2.14. The molecule has 2 heterocycles. The lowest BCUT2D eigenvalue weighted by atomic mass is 10.1. The summed E-state index contributed by atoms with van der Waals surface area (Å²) in [6.07, 6.45) is 6.76. The van der Waals surface area contributed by atoms with E-state index in [1.807, 2.05) is 30.3 Å². The van der Waals surface area contributed by atoms with Gasteiger partial charge in [0.2, 0.25) is 0 Å². The lowest BCUT2D eigenvalue weighted by Crippen LogP contribution is -2.40. The van der Waals surface area contributed by atoms with Crippen molar-refractivity contribution in [1.82, 2.24) is 20.4 Å². The highest BCUT2D eigenvalue weighted by molar-refractivity contribution is 5.94. The maximum Gasteiger partial charge on any atom is 0.254 e. The van der Waals surface area contributed by atoms with E-state index < -0.39 is 0 Å². The van der Waals surface area contributed by atoms with Crippen molar-refractivity contribution in [1.29, 1.82) is 0 Å². The van der Waals surface area contributed by atoms with Crippen LogP contribution in [0.4, 0.5) is 0 Å². The first-order valence-electron chi connectivity index (χ1n) is 7.44. The molecule has 1 saturated heterocycles. The minimum Gasteiger partial charge on any atom is -0.348 e. The molecule has 0 aliphatic carbocycles. The third-order valence-corrected chi connectivity index (χ3v) is 3.75. The van der Waals surface area contributed by atoms with Crippen molar-refractivity contribution in [3.05, 3.63) is 48.3 Å². The van der Waals surface area contributed by atoms with Gasteiger partial charge in [0.25, 0.3) is 5.91 Å². The van der Waals surface area contributed by atoms with Gasteiger partial charge in [-0.25, -0.2) is 4.68 Å². The maximum absolute atomic E-state index is 12.3. The first kappa shape index (κ1) is 13.8. The molecule has 5 nitrogen and oxygen atoms in total. The summed E-state index contributed by atoms with van der Waals surface area (Å²) >= 11 is 0. The van der Waals surface area contributed by atoms with Crippen molar-refractivity contribution >= 4 is 5.91 Å². The second kappa shape index (κ2) is 6.54. The molecule has 3 rings (SSSR count). The van der Waals surface area contributed by atoms with Gasteiger partial charge in [0, 0.05) is 18.8 Å². The number of aromatic nitrogens is 2. The van der Waals surface area contributed by atoms with Crippen LogP contribution in [-0.4, -0.2) is 34.8 Å². The highest BCUT2D eigenvalue weighted by Crippen LogP contribution is 2.09. The number of carbonyl (C=O) groups excluding carboxylic acids is 1. The molecule has 1 unspecified atom stereocenters. The molecule has 1 aromatic carbocycles. The van der Waals surface area contributed by atoms with Crippen LogP contribution in [0.15, 0.2) is 42.7 Å². The molecule has 1 amide bonds. The van der Waals surface area contributed by atoms with E-state index in [9.17, 15) is 4.79 Å². The molecule has 0 spiro atoms. The summed E-state index contributed by atoms with van der Waals surface area (Å²) in [6.45, 7) is 1.89. The van der Waals surface area contributed by atoms with Crippen LogP contribution < -0.4 is 10.6 Å².